The quantitative estimate of drug-likeness (QED) is 0.887. The summed E-state index contributed by atoms with van der Waals surface area (Å²) in [5.74, 6) is -0.178. The van der Waals surface area contributed by atoms with Crippen LogP contribution in [-0.4, -0.2) is 27.3 Å². The lowest BCUT2D eigenvalue weighted by atomic mass is 10.1. The summed E-state index contributed by atoms with van der Waals surface area (Å²) in [6, 6.07) is 8.10. The van der Waals surface area contributed by atoms with Crippen LogP contribution in [0.2, 0.25) is 0 Å². The smallest absolute Gasteiger partial charge is 0.254 e. The van der Waals surface area contributed by atoms with E-state index in [1.165, 1.54) is 12.8 Å². The van der Waals surface area contributed by atoms with Crippen LogP contribution in [0.25, 0.3) is 0 Å². The first-order valence-corrected chi connectivity index (χ1v) is 8.63. The number of rotatable bonds is 5. The van der Waals surface area contributed by atoms with Crippen LogP contribution < -0.4 is 5.32 Å². The molecule has 1 atom stereocenters. The Labute approximate surface area is 142 Å². The zero-order chi connectivity index (χ0) is 17.1. The van der Waals surface area contributed by atoms with Crippen molar-refractivity contribution in [3.63, 3.8) is 0 Å². The Balaban J connectivity index is 1.61. The number of nitrogens with zero attached hydrogens (tertiary/aromatic N) is 2. The summed E-state index contributed by atoms with van der Waals surface area (Å²) in [7, 11) is 0. The summed E-state index contributed by atoms with van der Waals surface area (Å²) in [4.78, 5) is 12.4. The van der Waals surface area contributed by atoms with Crippen molar-refractivity contribution in [2.24, 2.45) is 0 Å². The van der Waals surface area contributed by atoms with Crippen LogP contribution in [0.4, 0.5) is 0 Å². The van der Waals surface area contributed by atoms with Crippen molar-refractivity contribution >= 4 is 5.91 Å². The van der Waals surface area contributed by atoms with Crippen LogP contribution in [-0.2, 0) is 0 Å². The topological polar surface area (TPSA) is 67.2 Å². The van der Waals surface area contributed by atoms with Gasteiger partial charge in [0.25, 0.3) is 5.91 Å². The van der Waals surface area contributed by atoms with E-state index in [4.69, 9.17) is 0 Å². The molecule has 1 unspecified atom stereocenters. The van der Waals surface area contributed by atoms with E-state index in [0.717, 1.165) is 29.7 Å². The van der Waals surface area contributed by atoms with Crippen molar-refractivity contribution in [3.05, 3.63) is 52.8 Å². The SMILES string of the molecule is Cc1ccc(C(O)CNC(=O)c2cnn(C3CCCC3)c2C)cc1. The summed E-state index contributed by atoms with van der Waals surface area (Å²) in [6.45, 7) is 4.13. The van der Waals surface area contributed by atoms with Crippen LogP contribution in [0.3, 0.4) is 0 Å². The Bertz CT molecular complexity index is 700. The molecule has 3 rings (SSSR count). The second-order valence-electron chi connectivity index (χ2n) is 6.66. The maximum Gasteiger partial charge on any atom is 0.254 e. The minimum Gasteiger partial charge on any atom is -0.387 e. The number of carbonyl (C=O) groups excluding carboxylic acids is 1. The van der Waals surface area contributed by atoms with Gasteiger partial charge in [-0.2, -0.15) is 5.10 Å². The van der Waals surface area contributed by atoms with E-state index >= 15 is 0 Å². The molecule has 128 valence electrons. The predicted octanol–water partition coefficient (Wildman–Crippen LogP) is 3.08. The molecule has 5 nitrogen and oxygen atoms in total. The lowest BCUT2D eigenvalue weighted by molar-refractivity contribution is 0.0915. The Kier molecular flexibility index (Phi) is 5.00. The lowest BCUT2D eigenvalue weighted by Gasteiger charge is -2.14. The second kappa shape index (κ2) is 7.18. The van der Waals surface area contributed by atoms with Gasteiger partial charge < -0.3 is 10.4 Å². The van der Waals surface area contributed by atoms with Gasteiger partial charge >= 0.3 is 0 Å². The number of hydrogen-bond acceptors (Lipinski definition) is 3. The van der Waals surface area contributed by atoms with E-state index in [0.29, 0.717) is 11.6 Å². The third kappa shape index (κ3) is 3.51. The van der Waals surface area contributed by atoms with Gasteiger partial charge in [-0.3, -0.25) is 9.48 Å². The number of nitrogens with one attached hydrogen (secondary N) is 1. The summed E-state index contributed by atoms with van der Waals surface area (Å²) in [5.41, 5.74) is 3.45. The van der Waals surface area contributed by atoms with E-state index in [-0.39, 0.29) is 12.5 Å². The Hall–Kier alpha value is -2.14. The van der Waals surface area contributed by atoms with Crippen molar-refractivity contribution in [1.82, 2.24) is 15.1 Å². The van der Waals surface area contributed by atoms with Gasteiger partial charge in [-0.15, -0.1) is 0 Å². The van der Waals surface area contributed by atoms with Gasteiger partial charge in [0.1, 0.15) is 0 Å². The van der Waals surface area contributed by atoms with Crippen molar-refractivity contribution in [2.45, 2.75) is 51.7 Å². The number of aromatic nitrogens is 2. The standard InChI is InChI=1S/C19H25N3O2/c1-13-7-9-15(10-8-13)18(23)12-20-19(24)17-11-21-22(14(17)2)16-5-3-4-6-16/h7-11,16,18,23H,3-6,12H2,1-2H3,(H,20,24). The fraction of sp³-hybridized carbons (Fsp3) is 0.474. The fourth-order valence-electron chi connectivity index (χ4n) is 3.35. The lowest BCUT2D eigenvalue weighted by Crippen LogP contribution is -2.28. The molecule has 1 aliphatic carbocycles. The van der Waals surface area contributed by atoms with E-state index in [2.05, 4.69) is 10.4 Å². The van der Waals surface area contributed by atoms with Crippen molar-refractivity contribution < 1.29 is 9.90 Å². The second-order valence-corrected chi connectivity index (χ2v) is 6.66. The molecular formula is C19H25N3O2. The molecule has 24 heavy (non-hydrogen) atoms. The molecule has 1 aromatic carbocycles. The van der Waals surface area contributed by atoms with Crippen LogP contribution in [0.1, 0.15) is 65.0 Å². The highest BCUT2D eigenvalue weighted by Crippen LogP contribution is 2.30. The summed E-state index contributed by atoms with van der Waals surface area (Å²) < 4.78 is 1.98. The first-order valence-electron chi connectivity index (χ1n) is 8.63. The molecule has 1 saturated carbocycles. The van der Waals surface area contributed by atoms with Crippen LogP contribution in [0.15, 0.2) is 30.5 Å². The summed E-state index contributed by atoms with van der Waals surface area (Å²) >= 11 is 0. The Morgan fingerprint density at radius 3 is 2.62 bits per heavy atom. The van der Waals surface area contributed by atoms with E-state index < -0.39 is 6.10 Å². The molecule has 1 aliphatic rings. The molecule has 5 heteroatoms. The number of hydrogen-bond donors (Lipinski definition) is 2. The maximum atomic E-state index is 12.4. The molecule has 1 amide bonds. The zero-order valence-electron chi connectivity index (χ0n) is 14.3. The maximum absolute atomic E-state index is 12.4. The molecule has 0 radical (unpaired) electrons. The Morgan fingerprint density at radius 2 is 1.96 bits per heavy atom. The van der Waals surface area contributed by atoms with Gasteiger partial charge in [0.15, 0.2) is 0 Å². The van der Waals surface area contributed by atoms with Gasteiger partial charge in [-0.05, 0) is 32.3 Å². The number of benzene rings is 1. The van der Waals surface area contributed by atoms with Crippen molar-refractivity contribution in [3.8, 4) is 0 Å². The third-order valence-electron chi connectivity index (χ3n) is 4.88. The monoisotopic (exact) mass is 327 g/mol. The van der Waals surface area contributed by atoms with Gasteiger partial charge in [0.05, 0.1) is 23.9 Å². The fourth-order valence-corrected chi connectivity index (χ4v) is 3.35. The number of aryl methyl sites for hydroxylation is 1. The molecule has 1 aromatic heterocycles. The predicted molar refractivity (Wildman–Crippen MR) is 92.9 cm³/mol. The molecular weight excluding hydrogens is 302 g/mol. The van der Waals surface area contributed by atoms with Crippen LogP contribution in [0, 0.1) is 13.8 Å². The van der Waals surface area contributed by atoms with Crippen molar-refractivity contribution in [2.75, 3.05) is 6.54 Å². The molecule has 2 N–H and O–H groups in total. The molecule has 0 saturated heterocycles. The zero-order valence-corrected chi connectivity index (χ0v) is 14.3. The molecule has 2 aromatic rings. The molecule has 0 bridgehead atoms. The highest BCUT2D eigenvalue weighted by atomic mass is 16.3. The number of carbonyl (C=O) groups is 1. The first-order chi connectivity index (χ1) is 11.6. The average molecular weight is 327 g/mol. The number of aliphatic hydroxyl groups is 1. The van der Waals surface area contributed by atoms with E-state index in [1.54, 1.807) is 6.20 Å². The van der Waals surface area contributed by atoms with E-state index in [1.807, 2.05) is 42.8 Å². The van der Waals surface area contributed by atoms with Gasteiger partial charge in [0.2, 0.25) is 0 Å². The normalized spacial score (nSPS) is 16.3. The minimum absolute atomic E-state index is 0.178. The first kappa shape index (κ1) is 16.7. The van der Waals surface area contributed by atoms with Crippen LogP contribution in [0.5, 0.6) is 0 Å². The largest absolute Gasteiger partial charge is 0.387 e. The van der Waals surface area contributed by atoms with Gasteiger partial charge in [-0.1, -0.05) is 42.7 Å². The van der Waals surface area contributed by atoms with Crippen LogP contribution >= 0.6 is 0 Å². The minimum atomic E-state index is -0.709. The highest BCUT2D eigenvalue weighted by molar-refractivity contribution is 5.95. The summed E-state index contributed by atoms with van der Waals surface area (Å²) in [5, 5.41) is 17.4. The molecule has 0 aliphatic heterocycles. The number of aliphatic hydroxyl groups excluding tert-OH is 1. The number of amides is 1. The average Bonchev–Trinajstić information content (AvgIpc) is 3.22. The van der Waals surface area contributed by atoms with Gasteiger partial charge in [-0.25, -0.2) is 0 Å². The molecule has 1 fully saturated rings. The summed E-state index contributed by atoms with van der Waals surface area (Å²) in [6.07, 6.45) is 5.66. The highest BCUT2D eigenvalue weighted by Gasteiger charge is 2.22. The van der Waals surface area contributed by atoms with Crippen molar-refractivity contribution in [1.29, 1.82) is 0 Å². The third-order valence-corrected chi connectivity index (χ3v) is 4.88. The molecule has 0 spiro atoms. The molecule has 1 heterocycles. The van der Waals surface area contributed by atoms with Gasteiger partial charge in [0, 0.05) is 12.2 Å². The van der Waals surface area contributed by atoms with E-state index in [9.17, 15) is 9.90 Å². The Morgan fingerprint density at radius 1 is 1.29 bits per heavy atom.